The van der Waals surface area contributed by atoms with Crippen LogP contribution in [-0.2, 0) is 0 Å². The fraction of sp³-hybridized carbons (Fsp3) is 0. The van der Waals surface area contributed by atoms with Gasteiger partial charge in [-0.2, -0.15) is 0 Å². The van der Waals surface area contributed by atoms with Crippen LogP contribution in [0.3, 0.4) is 0 Å². The molecule has 0 radical (unpaired) electrons. The van der Waals surface area contributed by atoms with E-state index < -0.39 is 0 Å². The van der Waals surface area contributed by atoms with Gasteiger partial charge in [-0.25, -0.2) is 4.85 Å². The molecule has 4 heterocycles. The molecule has 0 fully saturated rings. The van der Waals surface area contributed by atoms with E-state index in [0.717, 1.165) is 88.2 Å². The quantitative estimate of drug-likeness (QED) is 0.189. The molecular weight excluding hydrogens is 576 g/mol. The third-order valence-corrected chi connectivity index (χ3v) is 9.35. The maximum Gasteiger partial charge on any atom is 0.188 e. The van der Waals surface area contributed by atoms with E-state index in [2.05, 4.69) is 123 Å². The molecule has 4 aromatic heterocycles. The summed E-state index contributed by atoms with van der Waals surface area (Å²) in [5.74, 6) is 0. The Morgan fingerprint density at radius 1 is 0.532 bits per heavy atom. The lowest BCUT2D eigenvalue weighted by molar-refractivity contribution is 0.669. The van der Waals surface area contributed by atoms with Crippen molar-refractivity contribution in [2.75, 3.05) is 0 Å². The van der Waals surface area contributed by atoms with E-state index in [1.165, 1.54) is 0 Å². The fourth-order valence-electron chi connectivity index (χ4n) is 7.35. The SMILES string of the molecule is [C-]#[N+]c1ccc2c(c1)c1ccccc1n2-c1cccc(-c2cccc(-n3c4cccnc4c4ccc5oc6ccccc6c5c43)c2)c1. The molecule has 5 nitrogen and oxygen atoms in total. The molecule has 10 aromatic rings. The minimum absolute atomic E-state index is 0.645. The molecule has 0 bridgehead atoms. The summed E-state index contributed by atoms with van der Waals surface area (Å²) >= 11 is 0. The van der Waals surface area contributed by atoms with Gasteiger partial charge in [0.15, 0.2) is 5.69 Å². The Morgan fingerprint density at radius 2 is 1.26 bits per heavy atom. The van der Waals surface area contributed by atoms with E-state index in [9.17, 15) is 0 Å². The first kappa shape index (κ1) is 25.7. The van der Waals surface area contributed by atoms with Gasteiger partial charge in [0.2, 0.25) is 0 Å². The van der Waals surface area contributed by atoms with Crippen molar-refractivity contribution in [2.24, 2.45) is 0 Å². The summed E-state index contributed by atoms with van der Waals surface area (Å²) in [6, 6.07) is 48.4. The maximum atomic E-state index is 7.55. The van der Waals surface area contributed by atoms with Gasteiger partial charge >= 0.3 is 0 Å². The monoisotopic (exact) mass is 600 g/mol. The highest BCUT2D eigenvalue weighted by atomic mass is 16.3. The molecule has 218 valence electrons. The van der Waals surface area contributed by atoms with Crippen molar-refractivity contribution in [3.05, 3.63) is 157 Å². The molecule has 0 unspecified atom stereocenters. The number of benzene rings is 6. The van der Waals surface area contributed by atoms with E-state index in [1.807, 2.05) is 36.5 Å². The van der Waals surface area contributed by atoms with Crippen LogP contribution in [0.15, 0.2) is 150 Å². The average molecular weight is 601 g/mol. The standard InChI is InChI=1S/C42H24N4O/c1-43-28-18-20-36-34(25-28)31-13-2-4-15-35(31)45(36)29-11-6-9-26(23-29)27-10-7-12-30(24-27)46-37-16-8-22-44-41(37)33-19-21-39-40(42(33)46)32-14-3-5-17-38(32)47-39/h2-25H. The van der Waals surface area contributed by atoms with Gasteiger partial charge in [-0.05, 0) is 89.3 Å². The Kier molecular flexibility index (Phi) is 5.28. The first-order valence-corrected chi connectivity index (χ1v) is 15.6. The Hall–Kier alpha value is -6.64. The van der Waals surface area contributed by atoms with Crippen LogP contribution in [0.1, 0.15) is 0 Å². The summed E-state index contributed by atoms with van der Waals surface area (Å²) < 4.78 is 10.9. The van der Waals surface area contributed by atoms with Crippen molar-refractivity contribution in [3.8, 4) is 22.5 Å². The van der Waals surface area contributed by atoms with Crippen molar-refractivity contribution in [2.45, 2.75) is 0 Å². The highest BCUT2D eigenvalue weighted by molar-refractivity contribution is 6.23. The number of hydrogen-bond donors (Lipinski definition) is 0. The molecule has 0 saturated heterocycles. The number of aromatic nitrogens is 3. The van der Waals surface area contributed by atoms with Gasteiger partial charge in [0, 0.05) is 33.7 Å². The molecule has 6 aromatic carbocycles. The topological polar surface area (TPSA) is 40.2 Å². The van der Waals surface area contributed by atoms with Crippen LogP contribution in [0.2, 0.25) is 0 Å². The largest absolute Gasteiger partial charge is 0.456 e. The number of nitrogens with zero attached hydrogens (tertiary/aromatic N) is 4. The van der Waals surface area contributed by atoms with Crippen LogP contribution in [0.25, 0.3) is 93.0 Å². The minimum atomic E-state index is 0.645. The average Bonchev–Trinajstić information content (AvgIpc) is 3.79. The Labute approximate surface area is 269 Å². The summed E-state index contributed by atoms with van der Waals surface area (Å²) in [5.41, 5.74) is 12.1. The summed E-state index contributed by atoms with van der Waals surface area (Å²) in [5, 5.41) is 5.50. The summed E-state index contributed by atoms with van der Waals surface area (Å²) in [7, 11) is 0. The normalized spacial score (nSPS) is 11.8. The molecule has 0 aliphatic heterocycles. The van der Waals surface area contributed by atoms with E-state index in [1.54, 1.807) is 0 Å². The van der Waals surface area contributed by atoms with Crippen LogP contribution in [0.4, 0.5) is 5.69 Å². The van der Waals surface area contributed by atoms with Crippen molar-refractivity contribution >= 4 is 71.4 Å². The van der Waals surface area contributed by atoms with Crippen LogP contribution >= 0.6 is 0 Å². The molecular formula is C42H24N4O. The lowest BCUT2D eigenvalue weighted by Gasteiger charge is -2.13. The fourth-order valence-corrected chi connectivity index (χ4v) is 7.35. The second kappa shape index (κ2) is 9.68. The van der Waals surface area contributed by atoms with Crippen LogP contribution in [0, 0.1) is 6.57 Å². The first-order chi connectivity index (χ1) is 23.3. The van der Waals surface area contributed by atoms with Crippen molar-refractivity contribution < 1.29 is 4.42 Å². The number of hydrogen-bond acceptors (Lipinski definition) is 2. The van der Waals surface area contributed by atoms with Crippen LogP contribution < -0.4 is 0 Å². The van der Waals surface area contributed by atoms with Gasteiger partial charge in [0.25, 0.3) is 0 Å². The molecule has 10 rings (SSSR count). The number of pyridine rings is 1. The van der Waals surface area contributed by atoms with Crippen molar-refractivity contribution in [1.29, 1.82) is 0 Å². The van der Waals surface area contributed by atoms with Crippen molar-refractivity contribution in [3.63, 3.8) is 0 Å². The van der Waals surface area contributed by atoms with Gasteiger partial charge in [-0.1, -0.05) is 66.7 Å². The molecule has 0 atom stereocenters. The Bertz CT molecular complexity index is 2930. The summed E-state index contributed by atoms with van der Waals surface area (Å²) in [4.78, 5) is 8.53. The zero-order valence-electron chi connectivity index (χ0n) is 25.1. The summed E-state index contributed by atoms with van der Waals surface area (Å²) in [6.45, 7) is 7.55. The lowest BCUT2D eigenvalue weighted by Crippen LogP contribution is -1.96. The highest BCUT2D eigenvalue weighted by Crippen LogP contribution is 2.41. The predicted molar refractivity (Wildman–Crippen MR) is 192 cm³/mol. The van der Waals surface area contributed by atoms with E-state index in [4.69, 9.17) is 16.0 Å². The second-order valence-corrected chi connectivity index (χ2v) is 11.9. The molecule has 47 heavy (non-hydrogen) atoms. The smallest absolute Gasteiger partial charge is 0.188 e. The van der Waals surface area contributed by atoms with Crippen LogP contribution in [0.5, 0.6) is 0 Å². The molecule has 0 aliphatic carbocycles. The molecule has 0 amide bonds. The van der Waals surface area contributed by atoms with Crippen LogP contribution in [-0.4, -0.2) is 14.1 Å². The second-order valence-electron chi connectivity index (χ2n) is 11.9. The molecule has 0 spiro atoms. The Balaban J connectivity index is 1.20. The van der Waals surface area contributed by atoms with E-state index >= 15 is 0 Å². The number of furan rings is 1. The first-order valence-electron chi connectivity index (χ1n) is 15.6. The van der Waals surface area contributed by atoms with Gasteiger partial charge < -0.3 is 13.6 Å². The third kappa shape index (κ3) is 3.67. The van der Waals surface area contributed by atoms with Crippen molar-refractivity contribution in [1.82, 2.24) is 14.1 Å². The zero-order chi connectivity index (χ0) is 31.1. The predicted octanol–water partition coefficient (Wildman–Crippen LogP) is 11.4. The van der Waals surface area contributed by atoms with E-state index in [0.29, 0.717) is 5.69 Å². The summed E-state index contributed by atoms with van der Waals surface area (Å²) in [6.07, 6.45) is 1.86. The molecule has 0 N–H and O–H groups in total. The number of fused-ring (bicyclic) bond motifs is 10. The lowest BCUT2D eigenvalue weighted by atomic mass is 10.0. The molecule has 0 saturated carbocycles. The highest BCUT2D eigenvalue weighted by Gasteiger charge is 2.20. The zero-order valence-corrected chi connectivity index (χ0v) is 25.1. The molecule has 0 aliphatic rings. The number of rotatable bonds is 3. The maximum absolute atomic E-state index is 7.55. The van der Waals surface area contributed by atoms with Gasteiger partial charge in [-0.15, -0.1) is 0 Å². The molecule has 5 heteroatoms. The minimum Gasteiger partial charge on any atom is -0.456 e. The van der Waals surface area contributed by atoms with Gasteiger partial charge in [-0.3, -0.25) is 4.98 Å². The third-order valence-electron chi connectivity index (χ3n) is 9.35. The number of para-hydroxylation sites is 2. The van der Waals surface area contributed by atoms with Gasteiger partial charge in [0.1, 0.15) is 11.2 Å². The van der Waals surface area contributed by atoms with E-state index in [-0.39, 0.29) is 0 Å². The Morgan fingerprint density at radius 3 is 2.09 bits per heavy atom. The van der Waals surface area contributed by atoms with Gasteiger partial charge in [0.05, 0.1) is 39.5 Å².